The number of rotatable bonds is 3. The number of carbonyl (C=O) groups is 1. The number of hydrogen-bond donors (Lipinski definition) is 2. The number of pyridine rings is 1. The highest BCUT2D eigenvalue weighted by Gasteiger charge is 2.46. The van der Waals surface area contributed by atoms with Crippen molar-refractivity contribution in [2.45, 2.75) is 31.2 Å². The number of aryl methyl sites for hydroxylation is 1. The van der Waals surface area contributed by atoms with Gasteiger partial charge in [0.15, 0.2) is 0 Å². The normalized spacial score (nSPS) is 17.7. The quantitative estimate of drug-likeness (QED) is 0.852. The van der Waals surface area contributed by atoms with E-state index < -0.39 is 5.97 Å². The lowest BCUT2D eigenvalue weighted by molar-refractivity contribution is 0.0695. The van der Waals surface area contributed by atoms with Gasteiger partial charge in [-0.25, -0.2) is 9.78 Å². The van der Waals surface area contributed by atoms with Gasteiger partial charge in [0.1, 0.15) is 5.15 Å². The minimum Gasteiger partial charge on any atom is -0.478 e. The van der Waals surface area contributed by atoms with Gasteiger partial charge in [-0.2, -0.15) is 0 Å². The van der Waals surface area contributed by atoms with Gasteiger partial charge in [0.25, 0.3) is 0 Å². The van der Waals surface area contributed by atoms with Crippen LogP contribution in [-0.4, -0.2) is 27.2 Å². The van der Waals surface area contributed by atoms with E-state index in [0.717, 1.165) is 41.6 Å². The summed E-state index contributed by atoms with van der Waals surface area (Å²) >= 11 is 6.07. The topological polar surface area (TPSA) is 81.1 Å². The molecule has 0 bridgehead atoms. The van der Waals surface area contributed by atoms with E-state index in [2.05, 4.69) is 9.55 Å². The summed E-state index contributed by atoms with van der Waals surface area (Å²) in [5, 5.41) is 9.96. The van der Waals surface area contributed by atoms with Gasteiger partial charge in [-0.05, 0) is 42.9 Å². The Morgan fingerprint density at radius 1 is 1.45 bits per heavy atom. The van der Waals surface area contributed by atoms with Crippen molar-refractivity contribution in [1.82, 2.24) is 9.55 Å². The summed E-state index contributed by atoms with van der Waals surface area (Å²) in [6, 6.07) is 1.84. The molecule has 5 nitrogen and oxygen atoms in total. The fraction of sp³-hybridized carbons (Fsp3) is 0.375. The van der Waals surface area contributed by atoms with Crippen LogP contribution in [0, 0.1) is 0 Å². The number of hydrogen-bond acceptors (Lipinski definition) is 3. The molecule has 4 rings (SSSR count). The Kier molecular flexibility index (Phi) is 2.86. The molecule has 0 atom stereocenters. The molecule has 2 aliphatic carbocycles. The number of nitrogens with two attached hydrogens (primary N) is 1. The fourth-order valence-corrected chi connectivity index (χ4v) is 3.63. The maximum Gasteiger partial charge on any atom is 0.337 e. The first-order valence-corrected chi connectivity index (χ1v) is 7.76. The van der Waals surface area contributed by atoms with Crippen molar-refractivity contribution in [3.63, 3.8) is 0 Å². The highest BCUT2D eigenvalue weighted by atomic mass is 35.5. The zero-order valence-electron chi connectivity index (χ0n) is 12.0. The second-order valence-electron chi connectivity index (χ2n) is 6.14. The summed E-state index contributed by atoms with van der Waals surface area (Å²) in [6.07, 6.45) is 7.01. The molecule has 0 saturated heterocycles. The van der Waals surface area contributed by atoms with Crippen LogP contribution >= 0.6 is 11.6 Å². The van der Waals surface area contributed by atoms with Gasteiger partial charge in [0, 0.05) is 24.5 Å². The van der Waals surface area contributed by atoms with E-state index >= 15 is 0 Å². The molecule has 2 aromatic rings. The molecule has 6 heteroatoms. The molecule has 0 aliphatic heterocycles. The van der Waals surface area contributed by atoms with Gasteiger partial charge in [-0.3, -0.25) is 0 Å². The van der Waals surface area contributed by atoms with Gasteiger partial charge >= 0.3 is 5.97 Å². The molecule has 1 fully saturated rings. The molecule has 0 amide bonds. The first-order chi connectivity index (χ1) is 10.6. The Bertz CT molecular complexity index is 793. The summed E-state index contributed by atoms with van der Waals surface area (Å²) in [7, 11) is 0. The fourth-order valence-electron chi connectivity index (χ4n) is 3.47. The third-order valence-electron chi connectivity index (χ3n) is 4.91. The average molecular weight is 318 g/mol. The molecule has 0 spiro atoms. The summed E-state index contributed by atoms with van der Waals surface area (Å²) in [5.74, 6) is -0.883. The Morgan fingerprint density at radius 2 is 2.23 bits per heavy atom. The van der Waals surface area contributed by atoms with Crippen molar-refractivity contribution in [1.29, 1.82) is 0 Å². The van der Waals surface area contributed by atoms with Gasteiger partial charge in [-0.1, -0.05) is 11.6 Å². The lowest BCUT2D eigenvalue weighted by Gasteiger charge is -2.24. The largest absolute Gasteiger partial charge is 0.478 e. The average Bonchev–Trinajstić information content (AvgIpc) is 3.19. The molecule has 0 radical (unpaired) electrons. The van der Waals surface area contributed by atoms with Crippen LogP contribution in [0.15, 0.2) is 18.5 Å². The van der Waals surface area contributed by atoms with Crippen molar-refractivity contribution in [3.05, 3.63) is 40.3 Å². The van der Waals surface area contributed by atoms with Crippen molar-refractivity contribution < 1.29 is 9.90 Å². The second kappa shape index (κ2) is 4.57. The summed E-state index contributed by atoms with van der Waals surface area (Å²) in [5.41, 5.74) is 10.2. The van der Waals surface area contributed by atoms with E-state index in [9.17, 15) is 9.90 Å². The number of halogens is 1. The molecule has 0 unspecified atom stereocenters. The van der Waals surface area contributed by atoms with Gasteiger partial charge in [-0.15, -0.1) is 0 Å². The Balaban J connectivity index is 2.02. The predicted molar refractivity (Wildman–Crippen MR) is 83.3 cm³/mol. The molecule has 22 heavy (non-hydrogen) atoms. The second-order valence-corrected chi connectivity index (χ2v) is 6.52. The molecular weight excluding hydrogens is 302 g/mol. The van der Waals surface area contributed by atoms with Crippen LogP contribution in [0.4, 0.5) is 0 Å². The van der Waals surface area contributed by atoms with Crippen LogP contribution in [-0.2, 0) is 18.4 Å². The van der Waals surface area contributed by atoms with Gasteiger partial charge in [0.05, 0.1) is 16.8 Å². The highest BCUT2D eigenvalue weighted by Crippen LogP contribution is 2.48. The monoisotopic (exact) mass is 317 g/mol. The maximum absolute atomic E-state index is 11.6. The van der Waals surface area contributed by atoms with Crippen molar-refractivity contribution in [3.8, 4) is 11.3 Å². The van der Waals surface area contributed by atoms with E-state index in [-0.39, 0.29) is 5.54 Å². The molecule has 1 saturated carbocycles. The standard InChI is InChI=1S/C16H16ClN3O2/c17-13-5-11-9(6-19-13)1-2-10-12(15(21)22)7-20(14(10)11)16(8-18)3-4-16/h5-7H,1-4,8,18H2,(H,21,22). The first-order valence-electron chi connectivity index (χ1n) is 7.38. The Hall–Kier alpha value is -1.85. The minimum atomic E-state index is -0.883. The first kappa shape index (κ1) is 13.8. The molecule has 2 heterocycles. The lowest BCUT2D eigenvalue weighted by Crippen LogP contribution is -2.27. The number of nitrogens with zero attached hydrogens (tertiary/aromatic N) is 2. The molecule has 2 aromatic heterocycles. The third-order valence-corrected chi connectivity index (χ3v) is 5.12. The number of aromatic carboxylic acids is 1. The summed E-state index contributed by atoms with van der Waals surface area (Å²) in [4.78, 5) is 15.8. The zero-order valence-corrected chi connectivity index (χ0v) is 12.7. The smallest absolute Gasteiger partial charge is 0.337 e. The summed E-state index contributed by atoms with van der Waals surface area (Å²) < 4.78 is 2.08. The van der Waals surface area contributed by atoms with E-state index in [1.807, 2.05) is 6.07 Å². The van der Waals surface area contributed by atoms with Crippen LogP contribution in [0.3, 0.4) is 0 Å². The number of fused-ring (bicyclic) bond motifs is 3. The van der Waals surface area contributed by atoms with Crippen LogP contribution < -0.4 is 5.73 Å². The zero-order chi connectivity index (χ0) is 15.5. The number of carboxylic acid groups (broad SMARTS) is 1. The maximum atomic E-state index is 11.6. The van der Waals surface area contributed by atoms with Crippen LogP contribution in [0.25, 0.3) is 11.3 Å². The van der Waals surface area contributed by atoms with Crippen molar-refractivity contribution in [2.75, 3.05) is 6.54 Å². The SMILES string of the molecule is NCC1(n2cc(C(=O)O)c3c2-c2cc(Cl)ncc2CC3)CC1. The van der Waals surface area contributed by atoms with E-state index in [4.69, 9.17) is 17.3 Å². The molecule has 114 valence electrons. The van der Waals surface area contributed by atoms with Crippen LogP contribution in [0.1, 0.15) is 34.3 Å². The molecule has 0 aromatic carbocycles. The van der Waals surface area contributed by atoms with E-state index in [0.29, 0.717) is 23.7 Å². The minimum absolute atomic E-state index is 0.137. The Morgan fingerprint density at radius 3 is 2.86 bits per heavy atom. The van der Waals surface area contributed by atoms with Crippen molar-refractivity contribution >= 4 is 17.6 Å². The highest BCUT2D eigenvalue weighted by molar-refractivity contribution is 6.29. The van der Waals surface area contributed by atoms with Crippen LogP contribution in [0.5, 0.6) is 0 Å². The number of aromatic nitrogens is 2. The van der Waals surface area contributed by atoms with E-state index in [1.165, 1.54) is 0 Å². The predicted octanol–water partition coefficient (Wildman–Crippen LogP) is 2.45. The molecule has 2 aliphatic rings. The lowest BCUT2D eigenvalue weighted by atomic mass is 9.89. The van der Waals surface area contributed by atoms with E-state index in [1.54, 1.807) is 12.4 Å². The third kappa shape index (κ3) is 1.82. The molecular formula is C16H16ClN3O2. The van der Waals surface area contributed by atoms with Crippen molar-refractivity contribution in [2.24, 2.45) is 5.73 Å². The van der Waals surface area contributed by atoms with Crippen LogP contribution in [0.2, 0.25) is 5.15 Å². The summed E-state index contributed by atoms with van der Waals surface area (Å²) in [6.45, 7) is 0.515. The Labute approximate surface area is 132 Å². The number of carboxylic acids is 1. The van der Waals surface area contributed by atoms with Gasteiger partial charge in [0.2, 0.25) is 0 Å². The molecule has 3 N–H and O–H groups in total. The van der Waals surface area contributed by atoms with Gasteiger partial charge < -0.3 is 15.4 Å².